The van der Waals surface area contributed by atoms with E-state index >= 15 is 0 Å². The molecule has 1 aromatic rings. The largest absolute Gasteiger partial charge is 0.381 e. The number of halogens is 1. The lowest BCUT2D eigenvalue weighted by Gasteiger charge is -2.23. The third kappa shape index (κ3) is 2.93. The molecule has 0 radical (unpaired) electrons. The smallest absolute Gasteiger partial charge is 0.143 e. The van der Waals surface area contributed by atoms with Crippen LogP contribution in [-0.2, 0) is 4.74 Å². The minimum Gasteiger partial charge on any atom is -0.381 e. The van der Waals surface area contributed by atoms with Crippen molar-refractivity contribution in [1.29, 1.82) is 0 Å². The van der Waals surface area contributed by atoms with Crippen molar-refractivity contribution in [1.82, 2.24) is 9.97 Å². The van der Waals surface area contributed by atoms with E-state index in [0.29, 0.717) is 11.8 Å². The number of aromatic nitrogens is 2. The highest BCUT2D eigenvalue weighted by Crippen LogP contribution is 2.38. The molecule has 4 nitrogen and oxygen atoms in total. The fourth-order valence-electron chi connectivity index (χ4n) is 3.24. The van der Waals surface area contributed by atoms with Crippen molar-refractivity contribution in [2.45, 2.75) is 50.4 Å². The Balaban J connectivity index is 1.95. The molecule has 1 aromatic heterocycles. The van der Waals surface area contributed by atoms with Gasteiger partial charge in [0.15, 0.2) is 0 Å². The Kier molecular flexibility index (Phi) is 4.75. The van der Waals surface area contributed by atoms with Crippen LogP contribution in [0, 0.1) is 3.57 Å². The van der Waals surface area contributed by atoms with Crippen LogP contribution < -0.4 is 5.32 Å². The van der Waals surface area contributed by atoms with E-state index in [1.807, 2.05) is 7.05 Å². The van der Waals surface area contributed by atoms with E-state index in [1.165, 1.54) is 34.9 Å². The molecule has 2 aliphatic rings. The van der Waals surface area contributed by atoms with Crippen LogP contribution in [0.3, 0.4) is 0 Å². The molecule has 1 saturated heterocycles. The topological polar surface area (TPSA) is 47.0 Å². The number of nitrogens with zero attached hydrogens (tertiary/aromatic N) is 2. The van der Waals surface area contributed by atoms with Gasteiger partial charge >= 0.3 is 0 Å². The molecule has 1 aliphatic heterocycles. The Morgan fingerprint density at radius 2 is 1.85 bits per heavy atom. The molecule has 5 heteroatoms. The number of nitrogens with one attached hydrogen (secondary N) is 1. The molecule has 0 aromatic carbocycles. The molecule has 1 atom stereocenters. The SMILES string of the molecule is CNc1nc(C2CCCOC2)nc(C2CCCC2)c1I. The molecule has 1 N–H and O–H groups in total. The standard InChI is InChI=1S/C15H22IN3O/c1-17-15-12(16)13(10-5-2-3-6-10)18-14(19-15)11-7-4-8-20-9-11/h10-11H,2-9H2,1H3,(H,17,18,19). The summed E-state index contributed by atoms with van der Waals surface area (Å²) in [7, 11) is 1.95. The summed E-state index contributed by atoms with van der Waals surface area (Å²) in [4.78, 5) is 9.68. The Morgan fingerprint density at radius 3 is 2.50 bits per heavy atom. The van der Waals surface area contributed by atoms with Gasteiger partial charge in [-0.3, -0.25) is 0 Å². The van der Waals surface area contributed by atoms with E-state index in [4.69, 9.17) is 14.7 Å². The summed E-state index contributed by atoms with van der Waals surface area (Å²) in [6, 6.07) is 0. The van der Waals surface area contributed by atoms with Gasteiger partial charge in [0, 0.05) is 25.5 Å². The van der Waals surface area contributed by atoms with Gasteiger partial charge < -0.3 is 10.1 Å². The summed E-state index contributed by atoms with van der Waals surface area (Å²) in [6.07, 6.45) is 7.48. The molecular formula is C15H22IN3O. The Morgan fingerprint density at radius 1 is 1.10 bits per heavy atom. The van der Waals surface area contributed by atoms with E-state index in [2.05, 4.69) is 27.9 Å². The van der Waals surface area contributed by atoms with Crippen molar-refractivity contribution in [2.24, 2.45) is 0 Å². The molecule has 20 heavy (non-hydrogen) atoms. The maximum atomic E-state index is 5.60. The van der Waals surface area contributed by atoms with Gasteiger partial charge in [-0.15, -0.1) is 0 Å². The highest BCUT2D eigenvalue weighted by atomic mass is 127. The quantitative estimate of drug-likeness (QED) is 0.804. The van der Waals surface area contributed by atoms with Crippen LogP contribution in [0.25, 0.3) is 0 Å². The molecular weight excluding hydrogens is 365 g/mol. The number of anilines is 1. The van der Waals surface area contributed by atoms with Gasteiger partial charge in [-0.25, -0.2) is 9.97 Å². The van der Waals surface area contributed by atoms with Gasteiger partial charge in [-0.05, 0) is 48.3 Å². The van der Waals surface area contributed by atoms with Crippen LogP contribution in [0.2, 0.25) is 0 Å². The molecule has 1 unspecified atom stereocenters. The van der Waals surface area contributed by atoms with Crippen molar-refractivity contribution in [3.8, 4) is 0 Å². The van der Waals surface area contributed by atoms with Crippen LogP contribution in [0.5, 0.6) is 0 Å². The predicted octanol–water partition coefficient (Wildman–Crippen LogP) is 3.67. The van der Waals surface area contributed by atoms with Crippen LogP contribution in [0.1, 0.15) is 61.9 Å². The monoisotopic (exact) mass is 387 g/mol. The fourth-order valence-corrected chi connectivity index (χ4v) is 4.20. The summed E-state index contributed by atoms with van der Waals surface area (Å²) in [5.41, 5.74) is 1.27. The van der Waals surface area contributed by atoms with Gasteiger partial charge in [-0.1, -0.05) is 12.8 Å². The average molecular weight is 387 g/mol. The highest BCUT2D eigenvalue weighted by molar-refractivity contribution is 14.1. The zero-order chi connectivity index (χ0) is 13.9. The number of rotatable bonds is 3. The summed E-state index contributed by atoms with van der Waals surface area (Å²) in [5, 5.41) is 3.24. The van der Waals surface area contributed by atoms with Crippen molar-refractivity contribution < 1.29 is 4.74 Å². The van der Waals surface area contributed by atoms with E-state index in [9.17, 15) is 0 Å². The first-order chi connectivity index (χ1) is 9.79. The van der Waals surface area contributed by atoms with Gasteiger partial charge in [0.05, 0.1) is 15.9 Å². The fraction of sp³-hybridized carbons (Fsp3) is 0.733. The van der Waals surface area contributed by atoms with E-state index in [-0.39, 0.29) is 0 Å². The third-order valence-corrected chi connectivity index (χ3v) is 5.46. The van der Waals surface area contributed by atoms with E-state index in [1.54, 1.807) is 0 Å². The van der Waals surface area contributed by atoms with Crippen molar-refractivity contribution >= 4 is 28.4 Å². The van der Waals surface area contributed by atoms with Gasteiger partial charge in [-0.2, -0.15) is 0 Å². The van der Waals surface area contributed by atoms with Crippen LogP contribution in [0.15, 0.2) is 0 Å². The molecule has 2 fully saturated rings. The first-order valence-corrected chi connectivity index (χ1v) is 8.70. The van der Waals surface area contributed by atoms with Crippen molar-refractivity contribution in [3.05, 3.63) is 15.1 Å². The minimum atomic E-state index is 0.369. The van der Waals surface area contributed by atoms with Crippen LogP contribution >= 0.6 is 22.6 Å². The Labute approximate surface area is 134 Å². The lowest BCUT2D eigenvalue weighted by atomic mass is 9.99. The first kappa shape index (κ1) is 14.5. The number of hydrogen-bond acceptors (Lipinski definition) is 4. The maximum absolute atomic E-state index is 5.60. The predicted molar refractivity (Wildman–Crippen MR) is 88.3 cm³/mol. The molecule has 3 rings (SSSR count). The Bertz CT molecular complexity index is 468. The highest BCUT2D eigenvalue weighted by Gasteiger charge is 2.26. The minimum absolute atomic E-state index is 0.369. The lowest BCUT2D eigenvalue weighted by molar-refractivity contribution is 0.0780. The maximum Gasteiger partial charge on any atom is 0.143 e. The molecule has 2 heterocycles. The second kappa shape index (κ2) is 6.56. The summed E-state index contributed by atoms with van der Waals surface area (Å²) in [6.45, 7) is 1.66. The third-order valence-electron chi connectivity index (χ3n) is 4.40. The number of ether oxygens (including phenoxy) is 1. The normalized spacial score (nSPS) is 24.0. The number of hydrogen-bond donors (Lipinski definition) is 1. The molecule has 0 bridgehead atoms. The summed E-state index contributed by atoms with van der Waals surface area (Å²) < 4.78 is 6.81. The van der Waals surface area contributed by atoms with E-state index < -0.39 is 0 Å². The summed E-state index contributed by atoms with van der Waals surface area (Å²) >= 11 is 2.40. The van der Waals surface area contributed by atoms with Crippen molar-refractivity contribution in [2.75, 3.05) is 25.6 Å². The van der Waals surface area contributed by atoms with Crippen LogP contribution in [0.4, 0.5) is 5.82 Å². The molecule has 110 valence electrons. The Hall–Kier alpha value is -0.430. The zero-order valence-corrected chi connectivity index (χ0v) is 14.1. The average Bonchev–Trinajstić information content (AvgIpc) is 3.02. The molecule has 0 amide bonds. The van der Waals surface area contributed by atoms with Gasteiger partial charge in [0.1, 0.15) is 11.6 Å². The molecule has 1 aliphatic carbocycles. The summed E-state index contributed by atoms with van der Waals surface area (Å²) in [5.74, 6) is 2.97. The van der Waals surface area contributed by atoms with Crippen LogP contribution in [-0.4, -0.2) is 30.2 Å². The van der Waals surface area contributed by atoms with Gasteiger partial charge in [0.2, 0.25) is 0 Å². The lowest BCUT2D eigenvalue weighted by Crippen LogP contribution is -2.20. The first-order valence-electron chi connectivity index (χ1n) is 7.62. The van der Waals surface area contributed by atoms with E-state index in [0.717, 1.165) is 37.7 Å². The molecule has 0 spiro atoms. The van der Waals surface area contributed by atoms with Gasteiger partial charge in [0.25, 0.3) is 0 Å². The van der Waals surface area contributed by atoms with Crippen molar-refractivity contribution in [3.63, 3.8) is 0 Å². The molecule has 1 saturated carbocycles. The second-order valence-corrected chi connectivity index (χ2v) is 6.85. The second-order valence-electron chi connectivity index (χ2n) is 5.78. The zero-order valence-electron chi connectivity index (χ0n) is 12.0.